The van der Waals surface area contributed by atoms with Crippen LogP contribution in [0.15, 0.2) is 17.1 Å². The number of hydrogen-bond acceptors (Lipinski definition) is 1. The van der Waals surface area contributed by atoms with Crippen LogP contribution in [0.2, 0.25) is 0 Å². The van der Waals surface area contributed by atoms with Gasteiger partial charge in [-0.3, -0.25) is 4.99 Å². The van der Waals surface area contributed by atoms with Crippen molar-refractivity contribution in [2.45, 2.75) is 13.8 Å². The minimum Gasteiger partial charge on any atom is -0.289 e. The monoisotopic (exact) mass is 97.1 g/mol. The van der Waals surface area contributed by atoms with Gasteiger partial charge in [0.25, 0.3) is 0 Å². The lowest BCUT2D eigenvalue weighted by atomic mass is 10.6. The second-order valence-electron chi connectivity index (χ2n) is 0.942. The van der Waals surface area contributed by atoms with Gasteiger partial charge < -0.3 is 0 Å². The number of aliphatic imine (C=N–C) groups is 1. The van der Waals surface area contributed by atoms with Gasteiger partial charge in [-0.2, -0.15) is 0 Å². The quantitative estimate of drug-likeness (QED) is 0.436. The summed E-state index contributed by atoms with van der Waals surface area (Å²) in [6, 6.07) is 0. The Morgan fingerprint density at radius 3 is 2.29 bits per heavy atom. The number of nitrogens with zero attached hydrogens (tertiary/aromatic N) is 1. The molecule has 0 unspecified atom stereocenters. The molecule has 0 bridgehead atoms. The van der Waals surface area contributed by atoms with E-state index in [9.17, 15) is 0 Å². The van der Waals surface area contributed by atoms with E-state index in [-0.39, 0.29) is 0 Å². The van der Waals surface area contributed by atoms with Gasteiger partial charge in [-0.15, -0.1) is 0 Å². The van der Waals surface area contributed by atoms with Crippen LogP contribution < -0.4 is 0 Å². The van der Waals surface area contributed by atoms with E-state index in [0.29, 0.717) is 0 Å². The van der Waals surface area contributed by atoms with Crippen molar-refractivity contribution in [3.63, 3.8) is 0 Å². The van der Waals surface area contributed by atoms with Gasteiger partial charge in [0.1, 0.15) is 0 Å². The molecule has 0 N–H and O–H groups in total. The van der Waals surface area contributed by atoms with Crippen LogP contribution in [-0.2, 0) is 0 Å². The maximum absolute atomic E-state index is 3.85. The van der Waals surface area contributed by atoms with E-state index in [0.717, 1.165) is 6.54 Å². The van der Waals surface area contributed by atoms with Gasteiger partial charge in [-0.05, 0) is 6.08 Å². The zero-order chi connectivity index (χ0) is 5.54. The summed E-state index contributed by atoms with van der Waals surface area (Å²) in [6.07, 6.45) is 5.76. The summed E-state index contributed by atoms with van der Waals surface area (Å²) in [6.45, 7) is 4.89. The number of allylic oxidation sites excluding steroid dienone is 1. The zero-order valence-electron chi connectivity index (χ0n) is 4.89. The highest BCUT2D eigenvalue weighted by atomic mass is 14.7. The summed E-state index contributed by atoms with van der Waals surface area (Å²) in [5.74, 6) is 0. The van der Waals surface area contributed by atoms with Crippen LogP contribution in [0, 0.1) is 0 Å². The standard InChI is InChI=1S/C4H5N.C2H6/c1-2-4-5-3-1;1-2/h1-3H,4H2;1-2H3. The van der Waals surface area contributed by atoms with E-state index < -0.39 is 0 Å². The molecule has 1 nitrogen and oxygen atoms in total. The van der Waals surface area contributed by atoms with Crippen molar-refractivity contribution in [3.8, 4) is 0 Å². The molecule has 0 spiro atoms. The Bertz CT molecular complexity index is 62.2. The topological polar surface area (TPSA) is 12.4 Å². The molecule has 0 aromatic carbocycles. The molecule has 40 valence electrons. The highest BCUT2D eigenvalue weighted by Crippen LogP contribution is 1.78. The van der Waals surface area contributed by atoms with Gasteiger partial charge in [0, 0.05) is 6.21 Å². The average molecular weight is 97.2 g/mol. The zero-order valence-corrected chi connectivity index (χ0v) is 4.89. The summed E-state index contributed by atoms with van der Waals surface area (Å²) in [7, 11) is 0. The van der Waals surface area contributed by atoms with Crippen molar-refractivity contribution in [3.05, 3.63) is 12.2 Å². The van der Waals surface area contributed by atoms with Gasteiger partial charge in [0.15, 0.2) is 0 Å². The Balaban J connectivity index is 0.000000162. The van der Waals surface area contributed by atoms with E-state index >= 15 is 0 Å². The van der Waals surface area contributed by atoms with Gasteiger partial charge in [-0.25, -0.2) is 0 Å². The fourth-order valence-corrected chi connectivity index (χ4v) is 0.304. The fourth-order valence-electron chi connectivity index (χ4n) is 0.304. The highest BCUT2D eigenvalue weighted by molar-refractivity contribution is 5.73. The fraction of sp³-hybridized carbons (Fsp3) is 0.500. The first-order valence-corrected chi connectivity index (χ1v) is 2.65. The van der Waals surface area contributed by atoms with Crippen LogP contribution in [0.3, 0.4) is 0 Å². The van der Waals surface area contributed by atoms with Crippen LogP contribution >= 0.6 is 0 Å². The maximum atomic E-state index is 3.85. The predicted octanol–water partition coefficient (Wildman–Crippen LogP) is 1.65. The Morgan fingerprint density at radius 1 is 1.43 bits per heavy atom. The van der Waals surface area contributed by atoms with Crippen LogP contribution in [0.1, 0.15) is 13.8 Å². The van der Waals surface area contributed by atoms with Crippen LogP contribution in [-0.4, -0.2) is 12.8 Å². The summed E-state index contributed by atoms with van der Waals surface area (Å²) in [5, 5.41) is 0. The Hall–Kier alpha value is -0.590. The van der Waals surface area contributed by atoms with Gasteiger partial charge in [-0.1, -0.05) is 19.9 Å². The molecule has 0 amide bonds. The molecule has 1 heteroatoms. The molecule has 1 heterocycles. The molecule has 0 atom stereocenters. The third kappa shape index (κ3) is 3.23. The Labute approximate surface area is 44.8 Å². The highest BCUT2D eigenvalue weighted by Gasteiger charge is 1.72. The van der Waals surface area contributed by atoms with E-state index in [1.165, 1.54) is 0 Å². The van der Waals surface area contributed by atoms with Crippen molar-refractivity contribution in [2.75, 3.05) is 6.54 Å². The normalized spacial score (nSPS) is 13.4. The molecule has 1 rings (SSSR count). The molecule has 0 aromatic rings. The lowest BCUT2D eigenvalue weighted by Crippen LogP contribution is -1.54. The maximum Gasteiger partial charge on any atom is 0.0573 e. The smallest absolute Gasteiger partial charge is 0.0573 e. The summed E-state index contributed by atoms with van der Waals surface area (Å²) in [5.41, 5.74) is 0. The molecule has 1 aliphatic heterocycles. The summed E-state index contributed by atoms with van der Waals surface area (Å²) in [4.78, 5) is 3.85. The van der Waals surface area contributed by atoms with Crippen LogP contribution in [0.4, 0.5) is 0 Å². The van der Waals surface area contributed by atoms with Crippen molar-refractivity contribution in [2.24, 2.45) is 4.99 Å². The molecule has 0 fully saturated rings. The third-order valence-corrected chi connectivity index (χ3v) is 0.538. The number of hydrogen-bond donors (Lipinski definition) is 0. The minimum absolute atomic E-state index is 0.889. The molecule has 0 saturated heterocycles. The largest absolute Gasteiger partial charge is 0.289 e. The molecule has 7 heavy (non-hydrogen) atoms. The van der Waals surface area contributed by atoms with Crippen LogP contribution in [0.25, 0.3) is 0 Å². The molecule has 1 aliphatic rings. The molecule has 0 aliphatic carbocycles. The van der Waals surface area contributed by atoms with Crippen molar-refractivity contribution in [1.82, 2.24) is 0 Å². The summed E-state index contributed by atoms with van der Waals surface area (Å²) >= 11 is 0. The summed E-state index contributed by atoms with van der Waals surface area (Å²) < 4.78 is 0. The van der Waals surface area contributed by atoms with Crippen molar-refractivity contribution in [1.29, 1.82) is 0 Å². The van der Waals surface area contributed by atoms with Gasteiger partial charge in [0.05, 0.1) is 6.54 Å². The second kappa shape index (κ2) is 5.41. The number of rotatable bonds is 0. The molecular formula is C6H11N. The van der Waals surface area contributed by atoms with Gasteiger partial charge in [0.2, 0.25) is 0 Å². The lowest BCUT2D eigenvalue weighted by Gasteiger charge is -1.60. The first-order valence-electron chi connectivity index (χ1n) is 2.65. The van der Waals surface area contributed by atoms with E-state index in [2.05, 4.69) is 4.99 Å². The first kappa shape index (κ1) is 6.41. The first-order chi connectivity index (χ1) is 3.50. The third-order valence-electron chi connectivity index (χ3n) is 0.538. The lowest BCUT2D eigenvalue weighted by molar-refractivity contribution is 1.29. The van der Waals surface area contributed by atoms with Crippen LogP contribution in [0.5, 0.6) is 0 Å². The van der Waals surface area contributed by atoms with Gasteiger partial charge >= 0.3 is 0 Å². The van der Waals surface area contributed by atoms with E-state index in [1.807, 2.05) is 26.0 Å². The Kier molecular flexibility index (Phi) is 4.95. The average Bonchev–Trinajstić information content (AvgIpc) is 2.23. The molecular weight excluding hydrogens is 86.1 g/mol. The predicted molar refractivity (Wildman–Crippen MR) is 33.8 cm³/mol. The van der Waals surface area contributed by atoms with Crippen molar-refractivity contribution >= 4 is 6.21 Å². The SMILES string of the molecule is C1=CCN=C1.CC. The molecule has 0 radical (unpaired) electrons. The van der Waals surface area contributed by atoms with E-state index in [4.69, 9.17) is 0 Å². The van der Waals surface area contributed by atoms with Crippen molar-refractivity contribution < 1.29 is 0 Å². The van der Waals surface area contributed by atoms with E-state index in [1.54, 1.807) is 6.21 Å². The molecule has 0 aromatic heterocycles. The minimum atomic E-state index is 0.889. The Morgan fingerprint density at radius 2 is 2.14 bits per heavy atom. The second-order valence-corrected chi connectivity index (χ2v) is 0.942. The molecule has 0 saturated carbocycles.